The molecular formula is C14H29Cl2N3O2. The molecule has 3 atom stereocenters. The van der Waals surface area contributed by atoms with Gasteiger partial charge in [0.2, 0.25) is 5.91 Å². The second-order valence-electron chi connectivity index (χ2n) is 6.01. The molecule has 2 aliphatic rings. The van der Waals surface area contributed by atoms with E-state index in [4.69, 9.17) is 10.5 Å². The molecule has 2 saturated heterocycles. The number of ether oxygens (including phenoxy) is 1. The van der Waals surface area contributed by atoms with E-state index in [9.17, 15) is 4.79 Å². The van der Waals surface area contributed by atoms with Gasteiger partial charge >= 0.3 is 0 Å². The van der Waals surface area contributed by atoms with Crippen molar-refractivity contribution in [3.8, 4) is 0 Å². The van der Waals surface area contributed by atoms with Gasteiger partial charge in [-0.3, -0.25) is 9.69 Å². The molecule has 1 amide bonds. The van der Waals surface area contributed by atoms with Gasteiger partial charge < -0.3 is 15.4 Å². The summed E-state index contributed by atoms with van der Waals surface area (Å²) >= 11 is 0. The van der Waals surface area contributed by atoms with E-state index in [0.717, 1.165) is 45.8 Å². The Bertz CT molecular complexity index is 313. The van der Waals surface area contributed by atoms with Crippen LogP contribution in [0.2, 0.25) is 0 Å². The Balaban J connectivity index is 0.00000200. The molecule has 2 N–H and O–H groups in total. The van der Waals surface area contributed by atoms with Crippen LogP contribution in [0.25, 0.3) is 0 Å². The Morgan fingerprint density at radius 2 is 1.90 bits per heavy atom. The molecule has 2 fully saturated rings. The molecule has 0 bridgehead atoms. The Morgan fingerprint density at radius 1 is 1.29 bits per heavy atom. The zero-order chi connectivity index (χ0) is 13.8. The van der Waals surface area contributed by atoms with E-state index in [1.165, 1.54) is 0 Å². The first-order valence-corrected chi connectivity index (χ1v) is 7.43. The van der Waals surface area contributed by atoms with Gasteiger partial charge in [-0.05, 0) is 19.3 Å². The fraction of sp³-hybridized carbons (Fsp3) is 0.929. The summed E-state index contributed by atoms with van der Waals surface area (Å²) in [6.07, 6.45) is 1.37. The van der Waals surface area contributed by atoms with Crippen LogP contribution in [-0.2, 0) is 9.53 Å². The van der Waals surface area contributed by atoms with E-state index < -0.39 is 0 Å². The van der Waals surface area contributed by atoms with Gasteiger partial charge in [0.05, 0.1) is 13.2 Å². The number of carbonyl (C=O) groups excluding carboxylic acids is 1. The fourth-order valence-electron chi connectivity index (χ4n) is 3.05. The van der Waals surface area contributed by atoms with Crippen molar-refractivity contribution in [3.63, 3.8) is 0 Å². The van der Waals surface area contributed by atoms with Crippen LogP contribution >= 0.6 is 24.8 Å². The van der Waals surface area contributed by atoms with Gasteiger partial charge in [-0.15, -0.1) is 24.8 Å². The molecule has 0 aromatic rings. The molecule has 126 valence electrons. The third-order valence-electron chi connectivity index (χ3n) is 4.25. The molecule has 0 saturated carbocycles. The summed E-state index contributed by atoms with van der Waals surface area (Å²) in [5, 5.41) is 0. The molecule has 2 heterocycles. The van der Waals surface area contributed by atoms with Crippen LogP contribution in [0.1, 0.15) is 26.7 Å². The number of amides is 1. The number of likely N-dealkylation sites (tertiary alicyclic amines) is 1. The van der Waals surface area contributed by atoms with Crippen molar-refractivity contribution < 1.29 is 9.53 Å². The van der Waals surface area contributed by atoms with Gasteiger partial charge in [-0.2, -0.15) is 0 Å². The maximum Gasteiger partial charge on any atom is 0.222 e. The molecule has 2 rings (SSSR count). The number of hydrogen-bond acceptors (Lipinski definition) is 4. The molecule has 3 unspecified atom stereocenters. The topological polar surface area (TPSA) is 58.8 Å². The highest BCUT2D eigenvalue weighted by Crippen LogP contribution is 2.23. The number of hydrogen-bond donors (Lipinski definition) is 1. The van der Waals surface area contributed by atoms with Gasteiger partial charge in [-0.1, -0.05) is 6.92 Å². The first-order valence-electron chi connectivity index (χ1n) is 7.43. The lowest BCUT2D eigenvalue weighted by Gasteiger charge is -2.34. The zero-order valence-electron chi connectivity index (χ0n) is 13.0. The monoisotopic (exact) mass is 341 g/mol. The zero-order valence-corrected chi connectivity index (χ0v) is 14.6. The van der Waals surface area contributed by atoms with Crippen LogP contribution in [0.3, 0.4) is 0 Å². The van der Waals surface area contributed by atoms with E-state index in [0.29, 0.717) is 18.4 Å². The highest BCUT2D eigenvalue weighted by Gasteiger charge is 2.36. The molecular weight excluding hydrogens is 313 g/mol. The average molecular weight is 342 g/mol. The molecule has 21 heavy (non-hydrogen) atoms. The summed E-state index contributed by atoms with van der Waals surface area (Å²) in [5.41, 5.74) is 5.72. The number of halogens is 2. The van der Waals surface area contributed by atoms with Gasteiger partial charge in [0.15, 0.2) is 0 Å². The Labute approximate surface area is 140 Å². The summed E-state index contributed by atoms with van der Waals surface area (Å²) in [5.74, 6) is 0.817. The minimum absolute atomic E-state index is 0. The number of rotatable bonds is 4. The van der Waals surface area contributed by atoms with E-state index in [-0.39, 0.29) is 36.8 Å². The molecule has 0 aliphatic carbocycles. The minimum atomic E-state index is 0. The molecule has 0 aromatic carbocycles. The molecule has 0 aromatic heterocycles. The van der Waals surface area contributed by atoms with Gasteiger partial charge in [0.25, 0.3) is 0 Å². The second kappa shape index (κ2) is 9.85. The van der Waals surface area contributed by atoms with E-state index >= 15 is 0 Å². The first kappa shape index (κ1) is 20.9. The molecule has 5 nitrogen and oxygen atoms in total. The smallest absolute Gasteiger partial charge is 0.222 e. The quantitative estimate of drug-likeness (QED) is 0.832. The number of morpholine rings is 1. The predicted molar refractivity (Wildman–Crippen MR) is 89.3 cm³/mol. The van der Waals surface area contributed by atoms with E-state index in [1.807, 2.05) is 11.8 Å². The summed E-state index contributed by atoms with van der Waals surface area (Å²) in [6, 6.07) is 0.613. The minimum Gasteiger partial charge on any atom is -0.379 e. The van der Waals surface area contributed by atoms with Gasteiger partial charge in [0, 0.05) is 44.7 Å². The van der Waals surface area contributed by atoms with Crippen molar-refractivity contribution in [2.24, 2.45) is 11.7 Å². The van der Waals surface area contributed by atoms with Crippen molar-refractivity contribution in [3.05, 3.63) is 0 Å². The normalized spacial score (nSPS) is 27.7. The van der Waals surface area contributed by atoms with Crippen LogP contribution in [0, 0.1) is 5.92 Å². The second-order valence-corrected chi connectivity index (χ2v) is 6.01. The van der Waals surface area contributed by atoms with Crippen LogP contribution in [0.15, 0.2) is 0 Å². The van der Waals surface area contributed by atoms with Crippen molar-refractivity contribution in [1.82, 2.24) is 9.80 Å². The lowest BCUT2D eigenvalue weighted by atomic mass is 10.0. The Morgan fingerprint density at radius 3 is 2.48 bits per heavy atom. The standard InChI is InChI=1S/C14H27N3O2.2ClH/c1-11-9-17(14(18)4-3-12(2)15)10-13(11)16-5-7-19-8-6-16;;/h11-13H,3-10,15H2,1-2H3;2*1H. The van der Waals surface area contributed by atoms with Crippen molar-refractivity contribution in [2.45, 2.75) is 38.8 Å². The number of carbonyl (C=O) groups is 1. The SMILES string of the molecule is CC(N)CCC(=O)N1CC(C)C(N2CCOCC2)C1.Cl.Cl. The van der Waals surface area contributed by atoms with Crippen molar-refractivity contribution >= 4 is 30.7 Å². The third-order valence-corrected chi connectivity index (χ3v) is 4.25. The maximum absolute atomic E-state index is 12.2. The highest BCUT2D eigenvalue weighted by atomic mass is 35.5. The van der Waals surface area contributed by atoms with Gasteiger partial charge in [-0.25, -0.2) is 0 Å². The van der Waals surface area contributed by atoms with E-state index in [2.05, 4.69) is 11.8 Å². The van der Waals surface area contributed by atoms with Crippen LogP contribution in [0.4, 0.5) is 0 Å². The molecule has 7 heteroatoms. The fourth-order valence-corrected chi connectivity index (χ4v) is 3.05. The maximum atomic E-state index is 12.2. The molecule has 2 aliphatic heterocycles. The lowest BCUT2D eigenvalue weighted by Crippen LogP contribution is -2.47. The van der Waals surface area contributed by atoms with Crippen molar-refractivity contribution in [1.29, 1.82) is 0 Å². The van der Waals surface area contributed by atoms with Crippen LogP contribution in [-0.4, -0.2) is 67.2 Å². The van der Waals surface area contributed by atoms with Crippen molar-refractivity contribution in [2.75, 3.05) is 39.4 Å². The Hall–Kier alpha value is -0.0700. The van der Waals surface area contributed by atoms with Crippen LogP contribution in [0.5, 0.6) is 0 Å². The number of nitrogens with two attached hydrogens (primary N) is 1. The largest absolute Gasteiger partial charge is 0.379 e. The summed E-state index contributed by atoms with van der Waals surface area (Å²) in [4.78, 5) is 16.7. The van der Waals surface area contributed by atoms with E-state index in [1.54, 1.807) is 0 Å². The lowest BCUT2D eigenvalue weighted by molar-refractivity contribution is -0.130. The van der Waals surface area contributed by atoms with Crippen LogP contribution < -0.4 is 5.73 Å². The Kier molecular flexibility index (Phi) is 9.81. The third kappa shape index (κ3) is 5.91. The summed E-state index contributed by atoms with van der Waals surface area (Å²) in [7, 11) is 0. The van der Waals surface area contributed by atoms with Gasteiger partial charge in [0.1, 0.15) is 0 Å². The number of nitrogens with zero attached hydrogens (tertiary/aromatic N) is 2. The first-order chi connectivity index (χ1) is 9.08. The summed E-state index contributed by atoms with van der Waals surface area (Å²) in [6.45, 7) is 9.60. The molecule has 0 radical (unpaired) electrons. The highest BCUT2D eigenvalue weighted by molar-refractivity contribution is 5.85. The molecule has 0 spiro atoms. The predicted octanol–water partition coefficient (Wildman–Crippen LogP) is 1.14. The average Bonchev–Trinajstić information content (AvgIpc) is 2.79. The summed E-state index contributed by atoms with van der Waals surface area (Å²) < 4.78 is 5.40.